The van der Waals surface area contributed by atoms with E-state index >= 15 is 0 Å². The number of carbonyl (C=O) groups excluding carboxylic acids is 4. The number of thiazole rings is 1. The summed E-state index contributed by atoms with van der Waals surface area (Å²) in [5.41, 5.74) is 1.52. The first kappa shape index (κ1) is 45.6. The number of aliphatic carboxylic acids is 1. The molecule has 0 bridgehead atoms. The molecule has 57 heavy (non-hydrogen) atoms. The van der Waals surface area contributed by atoms with Gasteiger partial charge in [0.2, 0.25) is 17.7 Å². The van der Waals surface area contributed by atoms with Crippen molar-refractivity contribution in [2.45, 2.75) is 136 Å². The Hall–Kier alpha value is -4.08. The molecular weight excluding hydrogens is 749 g/mol. The molecule has 4 amide bonds. The van der Waals surface area contributed by atoms with Crippen LogP contribution in [0.5, 0.6) is 5.75 Å². The van der Waals surface area contributed by atoms with E-state index in [0.29, 0.717) is 62.4 Å². The number of likely N-dealkylation sites (N-methyl/N-ethyl adjacent to an activating group) is 1. The fourth-order valence-corrected chi connectivity index (χ4v) is 8.88. The fraction of sp³-hybridized carbons (Fsp3) is 0.667. The normalized spacial score (nSPS) is 20.2. The van der Waals surface area contributed by atoms with Gasteiger partial charge in [-0.25, -0.2) is 4.98 Å². The Morgan fingerprint density at radius 1 is 1.09 bits per heavy atom. The van der Waals surface area contributed by atoms with Gasteiger partial charge in [0.25, 0.3) is 5.91 Å². The molecule has 1 aliphatic carbocycles. The van der Waals surface area contributed by atoms with Gasteiger partial charge in [0.05, 0.1) is 12.5 Å². The molecule has 1 unspecified atom stereocenters. The lowest BCUT2D eigenvalue weighted by molar-refractivity contribution is -0.145. The Balaban J connectivity index is 1.55. The van der Waals surface area contributed by atoms with Gasteiger partial charge < -0.3 is 40.7 Å². The molecule has 0 radical (unpaired) electrons. The molecule has 0 spiro atoms. The monoisotopic (exact) mass is 812 g/mol. The van der Waals surface area contributed by atoms with Gasteiger partial charge in [-0.2, -0.15) is 0 Å². The van der Waals surface area contributed by atoms with Crippen molar-refractivity contribution in [3.8, 4) is 5.75 Å². The van der Waals surface area contributed by atoms with E-state index in [-0.39, 0.29) is 60.0 Å². The molecule has 1 aliphatic heterocycles. The molecule has 7 atom stereocenters. The number of carboxylic acids is 1. The lowest BCUT2D eigenvalue weighted by Gasteiger charge is -2.40. The SMILES string of the molecule is CCCO[C@H](C[C@H](C(C)C)N(CCC)C(=O)[C@@H](NC(=O)[C@H]1CCCCN1C(=O)CNC)[C@@H](C)CC)c1nc(C(=O)NC2Cc3ccc(O)cc3[C@H](C(=O)O)C2)cs1. The standard InChI is InChI=1S/C42H64N6O8S/c1-8-16-48(41(53)37(26(6)10-3)46-39(52)33-13-11-12-17-47(33)36(50)23-43-7)34(25(4)5)22-35(56-18-9-2)40-45-32(24-57-40)38(51)44-28-19-27-14-15-29(49)21-30(27)31(20-28)42(54)55/h14-15,21,24-26,28,31,33-35,37,43,49H,8-13,16-20,22-23H2,1-7H3,(H,44,51)(H,46,52)(H,54,55)/t26-,28?,31+,33+,34+,35+,37-/m0/s1. The summed E-state index contributed by atoms with van der Waals surface area (Å²) in [5.74, 6) is -3.06. The van der Waals surface area contributed by atoms with Crippen LogP contribution in [0.3, 0.4) is 0 Å². The average molecular weight is 813 g/mol. The summed E-state index contributed by atoms with van der Waals surface area (Å²) < 4.78 is 6.41. The molecule has 15 heteroatoms. The molecule has 1 aromatic heterocycles. The molecule has 2 aliphatic rings. The van der Waals surface area contributed by atoms with Crippen molar-refractivity contribution in [3.63, 3.8) is 0 Å². The van der Waals surface area contributed by atoms with Gasteiger partial charge in [-0.05, 0) is 87.1 Å². The van der Waals surface area contributed by atoms with Crippen molar-refractivity contribution in [1.82, 2.24) is 30.7 Å². The van der Waals surface area contributed by atoms with E-state index in [1.165, 1.54) is 23.5 Å². The molecule has 0 saturated carbocycles. The Morgan fingerprint density at radius 3 is 2.49 bits per heavy atom. The summed E-state index contributed by atoms with van der Waals surface area (Å²) in [6.45, 7) is 13.7. The van der Waals surface area contributed by atoms with Crippen LogP contribution in [0, 0.1) is 11.8 Å². The smallest absolute Gasteiger partial charge is 0.311 e. The maximum absolute atomic E-state index is 14.8. The lowest BCUT2D eigenvalue weighted by Crippen LogP contribution is -2.60. The van der Waals surface area contributed by atoms with E-state index in [0.717, 1.165) is 24.8 Å². The van der Waals surface area contributed by atoms with Crippen molar-refractivity contribution in [1.29, 1.82) is 0 Å². The van der Waals surface area contributed by atoms with E-state index in [1.54, 1.807) is 23.4 Å². The number of carboxylic acid groups (broad SMARTS) is 1. The van der Waals surface area contributed by atoms with Crippen LogP contribution in [-0.4, -0.2) is 112 Å². The Morgan fingerprint density at radius 2 is 1.84 bits per heavy atom. The highest BCUT2D eigenvalue weighted by molar-refractivity contribution is 7.09. The summed E-state index contributed by atoms with van der Waals surface area (Å²) >= 11 is 1.31. The van der Waals surface area contributed by atoms with Gasteiger partial charge in [-0.15, -0.1) is 11.3 Å². The van der Waals surface area contributed by atoms with Gasteiger partial charge in [0, 0.05) is 43.6 Å². The second kappa shape index (κ2) is 21.6. The number of hydrogen-bond donors (Lipinski definition) is 5. The van der Waals surface area contributed by atoms with E-state index in [2.05, 4.69) is 29.8 Å². The van der Waals surface area contributed by atoms with Crippen LogP contribution in [0.15, 0.2) is 23.6 Å². The second-order valence-electron chi connectivity index (χ2n) is 15.9. The number of hydrogen-bond acceptors (Lipinski definition) is 10. The van der Waals surface area contributed by atoms with Crippen LogP contribution in [-0.2, 0) is 30.3 Å². The highest BCUT2D eigenvalue weighted by atomic mass is 32.1. The molecule has 5 N–H and O–H groups in total. The molecule has 14 nitrogen and oxygen atoms in total. The van der Waals surface area contributed by atoms with Crippen LogP contribution < -0.4 is 16.0 Å². The van der Waals surface area contributed by atoms with Crippen molar-refractivity contribution in [2.24, 2.45) is 11.8 Å². The molecule has 1 aromatic carbocycles. The topological polar surface area (TPSA) is 190 Å². The van der Waals surface area contributed by atoms with Crippen LogP contribution >= 0.6 is 11.3 Å². The van der Waals surface area contributed by atoms with Gasteiger partial charge in [0.15, 0.2) is 0 Å². The molecule has 1 saturated heterocycles. The Kier molecular flexibility index (Phi) is 17.3. The third-order valence-corrected chi connectivity index (χ3v) is 12.2. The quantitative estimate of drug-likeness (QED) is 0.122. The van der Waals surface area contributed by atoms with Crippen LogP contribution in [0.25, 0.3) is 0 Å². The number of rotatable bonds is 20. The molecular formula is C42H64N6O8S. The number of fused-ring (bicyclic) bond motifs is 1. The minimum atomic E-state index is -1.02. The molecule has 316 valence electrons. The second-order valence-corrected chi connectivity index (χ2v) is 16.8. The number of benzene rings is 1. The number of aromatic nitrogens is 1. The highest BCUT2D eigenvalue weighted by Crippen LogP contribution is 2.35. The van der Waals surface area contributed by atoms with Crippen molar-refractivity contribution >= 4 is 40.9 Å². The summed E-state index contributed by atoms with van der Waals surface area (Å²) in [6.07, 6.45) is 4.81. The highest BCUT2D eigenvalue weighted by Gasteiger charge is 2.40. The zero-order valence-electron chi connectivity index (χ0n) is 34.7. The first-order valence-electron chi connectivity index (χ1n) is 20.7. The van der Waals surface area contributed by atoms with Crippen molar-refractivity contribution < 1.29 is 38.9 Å². The van der Waals surface area contributed by atoms with Gasteiger partial charge in [0.1, 0.15) is 34.6 Å². The third kappa shape index (κ3) is 11.8. The first-order chi connectivity index (χ1) is 27.2. The van der Waals surface area contributed by atoms with Crippen LogP contribution in [0.1, 0.15) is 132 Å². The number of phenolic OH excluding ortho intramolecular Hbond substituents is 1. The van der Waals surface area contributed by atoms with E-state index in [9.17, 15) is 34.2 Å². The third-order valence-electron chi connectivity index (χ3n) is 11.3. The number of nitrogens with one attached hydrogen (secondary N) is 3. The number of ether oxygens (including phenoxy) is 1. The number of aromatic hydroxyl groups is 1. The summed E-state index contributed by atoms with van der Waals surface area (Å²) in [6, 6.07) is 2.54. The lowest BCUT2D eigenvalue weighted by atomic mass is 9.80. The zero-order chi connectivity index (χ0) is 41.8. The number of piperidine rings is 1. The molecule has 2 aromatic rings. The Labute approximate surface area is 341 Å². The van der Waals surface area contributed by atoms with Crippen molar-refractivity contribution in [2.75, 3.05) is 33.3 Å². The number of carbonyl (C=O) groups is 5. The minimum Gasteiger partial charge on any atom is -0.508 e. The van der Waals surface area contributed by atoms with Crippen LogP contribution in [0.4, 0.5) is 0 Å². The zero-order valence-corrected chi connectivity index (χ0v) is 35.5. The molecule has 1 fully saturated rings. The summed E-state index contributed by atoms with van der Waals surface area (Å²) in [5, 5.41) is 31.2. The predicted octanol–water partition coefficient (Wildman–Crippen LogP) is 5.01. The van der Waals surface area contributed by atoms with E-state index in [4.69, 9.17) is 9.72 Å². The maximum Gasteiger partial charge on any atom is 0.311 e. The Bertz CT molecular complexity index is 1680. The van der Waals surface area contributed by atoms with Crippen LogP contribution in [0.2, 0.25) is 0 Å². The maximum atomic E-state index is 14.8. The summed E-state index contributed by atoms with van der Waals surface area (Å²) in [4.78, 5) is 75.6. The minimum absolute atomic E-state index is 0.00192. The van der Waals surface area contributed by atoms with E-state index < -0.39 is 42.0 Å². The van der Waals surface area contributed by atoms with Gasteiger partial charge in [-0.3, -0.25) is 24.0 Å². The number of likely N-dealkylation sites (tertiary alicyclic amines) is 1. The number of nitrogens with zero attached hydrogens (tertiary/aromatic N) is 3. The summed E-state index contributed by atoms with van der Waals surface area (Å²) in [7, 11) is 1.70. The largest absolute Gasteiger partial charge is 0.508 e. The number of amides is 4. The van der Waals surface area contributed by atoms with E-state index in [1.807, 2.05) is 32.6 Å². The van der Waals surface area contributed by atoms with Gasteiger partial charge >= 0.3 is 5.97 Å². The fourth-order valence-electron chi connectivity index (χ4n) is 8.02. The first-order valence-corrected chi connectivity index (χ1v) is 21.6. The molecule has 4 rings (SSSR count). The number of phenols is 1. The van der Waals surface area contributed by atoms with Crippen molar-refractivity contribution in [3.05, 3.63) is 45.4 Å². The van der Waals surface area contributed by atoms with Gasteiger partial charge in [-0.1, -0.05) is 54.0 Å². The average Bonchev–Trinajstić information content (AvgIpc) is 3.69. The molecule has 2 heterocycles. The predicted molar refractivity (Wildman–Crippen MR) is 219 cm³/mol.